The second-order valence-electron chi connectivity index (χ2n) is 5.24. The predicted molar refractivity (Wildman–Crippen MR) is 105 cm³/mol. The Morgan fingerprint density at radius 2 is 1.78 bits per heavy atom. The SMILES string of the molecule is COc1nc(-c2ccccc2)c(NC(=O)NS(=O)(=O)c2ccc(Cl)cc2)s1. The Kier molecular flexibility index (Phi) is 5.64. The van der Waals surface area contributed by atoms with Crippen LogP contribution in [0.5, 0.6) is 5.19 Å². The van der Waals surface area contributed by atoms with Crippen LogP contribution in [0.25, 0.3) is 11.3 Å². The minimum absolute atomic E-state index is 0.0767. The Morgan fingerprint density at radius 3 is 2.41 bits per heavy atom. The number of hydrogen-bond donors (Lipinski definition) is 2. The lowest BCUT2D eigenvalue weighted by Gasteiger charge is -2.08. The number of sulfonamides is 1. The zero-order valence-electron chi connectivity index (χ0n) is 14.0. The van der Waals surface area contributed by atoms with E-state index >= 15 is 0 Å². The number of carbonyl (C=O) groups is 1. The molecule has 0 aliphatic heterocycles. The summed E-state index contributed by atoms with van der Waals surface area (Å²) in [5.74, 6) is 0. The Balaban J connectivity index is 1.82. The number of halogens is 1. The van der Waals surface area contributed by atoms with E-state index in [1.54, 1.807) is 0 Å². The van der Waals surface area contributed by atoms with E-state index < -0.39 is 16.1 Å². The van der Waals surface area contributed by atoms with Crippen molar-refractivity contribution in [3.05, 3.63) is 59.6 Å². The van der Waals surface area contributed by atoms with Crippen LogP contribution in [0.3, 0.4) is 0 Å². The maximum Gasteiger partial charge on any atom is 0.333 e. The van der Waals surface area contributed by atoms with Crippen LogP contribution in [0.4, 0.5) is 9.80 Å². The first-order chi connectivity index (χ1) is 12.9. The van der Waals surface area contributed by atoms with E-state index in [0.717, 1.165) is 16.9 Å². The van der Waals surface area contributed by atoms with Crippen molar-refractivity contribution in [2.24, 2.45) is 0 Å². The van der Waals surface area contributed by atoms with Crippen molar-refractivity contribution >= 4 is 44.0 Å². The average Bonchev–Trinajstić information content (AvgIpc) is 3.05. The molecule has 0 atom stereocenters. The second kappa shape index (κ2) is 7.95. The number of methoxy groups -OCH3 is 1. The molecule has 2 amide bonds. The van der Waals surface area contributed by atoms with Gasteiger partial charge in [-0.05, 0) is 24.3 Å². The highest BCUT2D eigenvalue weighted by molar-refractivity contribution is 7.90. The number of urea groups is 1. The van der Waals surface area contributed by atoms with Crippen LogP contribution in [-0.2, 0) is 10.0 Å². The molecule has 2 N–H and O–H groups in total. The number of hydrogen-bond acceptors (Lipinski definition) is 6. The number of nitrogens with zero attached hydrogens (tertiary/aromatic N) is 1. The summed E-state index contributed by atoms with van der Waals surface area (Å²) in [6.45, 7) is 0. The zero-order chi connectivity index (χ0) is 19.4. The van der Waals surface area contributed by atoms with Gasteiger partial charge in [0.25, 0.3) is 15.2 Å². The molecule has 0 spiro atoms. The van der Waals surface area contributed by atoms with Gasteiger partial charge in [0.15, 0.2) is 0 Å². The highest BCUT2D eigenvalue weighted by Gasteiger charge is 2.21. The third-order valence-electron chi connectivity index (χ3n) is 3.41. The number of aromatic nitrogens is 1. The molecule has 7 nitrogen and oxygen atoms in total. The lowest BCUT2D eigenvalue weighted by molar-refractivity contribution is 0.256. The van der Waals surface area contributed by atoms with E-state index in [1.165, 1.54) is 31.4 Å². The quantitative estimate of drug-likeness (QED) is 0.646. The van der Waals surface area contributed by atoms with Crippen molar-refractivity contribution in [1.29, 1.82) is 0 Å². The molecule has 3 aromatic rings. The van der Waals surface area contributed by atoms with Crippen molar-refractivity contribution in [3.8, 4) is 16.5 Å². The molecule has 0 saturated carbocycles. The molecule has 3 rings (SSSR count). The third kappa shape index (κ3) is 4.57. The molecule has 0 radical (unpaired) electrons. The first-order valence-corrected chi connectivity index (χ1v) is 10.3. The fourth-order valence-corrected chi connectivity index (χ4v) is 4.02. The van der Waals surface area contributed by atoms with Gasteiger partial charge in [-0.15, -0.1) is 0 Å². The van der Waals surface area contributed by atoms with Gasteiger partial charge in [0.2, 0.25) is 0 Å². The van der Waals surface area contributed by atoms with E-state index in [1.807, 2.05) is 35.1 Å². The van der Waals surface area contributed by atoms with Crippen molar-refractivity contribution in [2.45, 2.75) is 4.90 Å². The molecular formula is C17H14ClN3O4S2. The summed E-state index contributed by atoms with van der Waals surface area (Å²) in [6, 6.07) is 13.7. The molecule has 2 aromatic carbocycles. The summed E-state index contributed by atoms with van der Waals surface area (Å²) in [5, 5.41) is 3.61. The largest absolute Gasteiger partial charge is 0.473 e. The van der Waals surface area contributed by atoms with Gasteiger partial charge in [-0.2, -0.15) is 0 Å². The second-order valence-corrected chi connectivity index (χ2v) is 8.32. The van der Waals surface area contributed by atoms with E-state index in [0.29, 0.717) is 20.9 Å². The van der Waals surface area contributed by atoms with Gasteiger partial charge >= 0.3 is 6.03 Å². The zero-order valence-corrected chi connectivity index (χ0v) is 16.4. The Labute approximate surface area is 165 Å². The van der Waals surface area contributed by atoms with Gasteiger partial charge in [0, 0.05) is 10.6 Å². The number of nitrogens with one attached hydrogen (secondary N) is 2. The molecule has 0 aliphatic carbocycles. The van der Waals surface area contributed by atoms with Crippen LogP contribution in [0.1, 0.15) is 0 Å². The first-order valence-electron chi connectivity index (χ1n) is 7.58. The van der Waals surface area contributed by atoms with Gasteiger partial charge in [0.05, 0.1) is 12.0 Å². The molecule has 10 heteroatoms. The van der Waals surface area contributed by atoms with Crippen molar-refractivity contribution in [1.82, 2.24) is 9.71 Å². The summed E-state index contributed by atoms with van der Waals surface area (Å²) < 4.78 is 31.7. The van der Waals surface area contributed by atoms with Gasteiger partial charge in [-0.3, -0.25) is 5.32 Å². The van der Waals surface area contributed by atoms with Crippen LogP contribution in [-0.4, -0.2) is 26.5 Å². The smallest absolute Gasteiger partial charge is 0.333 e. The van der Waals surface area contributed by atoms with E-state index in [2.05, 4.69) is 10.3 Å². The fraction of sp³-hybridized carbons (Fsp3) is 0.0588. The maximum absolute atomic E-state index is 12.3. The van der Waals surface area contributed by atoms with Crippen LogP contribution in [0.15, 0.2) is 59.5 Å². The minimum Gasteiger partial charge on any atom is -0.473 e. The highest BCUT2D eigenvalue weighted by atomic mass is 35.5. The Morgan fingerprint density at radius 1 is 1.11 bits per heavy atom. The number of anilines is 1. The molecule has 27 heavy (non-hydrogen) atoms. The normalized spacial score (nSPS) is 11.0. The summed E-state index contributed by atoms with van der Waals surface area (Å²) in [5.41, 5.74) is 1.24. The fourth-order valence-electron chi connectivity index (χ4n) is 2.19. The van der Waals surface area contributed by atoms with Crippen LogP contribution >= 0.6 is 22.9 Å². The molecule has 1 heterocycles. The third-order valence-corrected chi connectivity index (χ3v) is 5.94. The molecule has 0 bridgehead atoms. The standard InChI is InChI=1S/C17H14ClN3O4S2/c1-25-17-19-14(11-5-3-2-4-6-11)15(26-17)20-16(22)21-27(23,24)13-9-7-12(18)8-10-13/h2-10H,1H3,(H2,20,21,22). The molecule has 0 saturated heterocycles. The summed E-state index contributed by atoms with van der Waals surface area (Å²) >= 11 is 6.84. The lowest BCUT2D eigenvalue weighted by Crippen LogP contribution is -2.34. The monoisotopic (exact) mass is 423 g/mol. The molecular weight excluding hydrogens is 410 g/mol. The van der Waals surface area contributed by atoms with E-state index in [9.17, 15) is 13.2 Å². The number of amides is 2. The van der Waals surface area contributed by atoms with Crippen molar-refractivity contribution in [3.63, 3.8) is 0 Å². The predicted octanol–water partition coefficient (Wildman–Crippen LogP) is 3.98. The van der Waals surface area contributed by atoms with Crippen LogP contribution in [0, 0.1) is 0 Å². The summed E-state index contributed by atoms with van der Waals surface area (Å²) in [6.07, 6.45) is 0. The van der Waals surface area contributed by atoms with E-state index in [4.69, 9.17) is 16.3 Å². The van der Waals surface area contributed by atoms with E-state index in [-0.39, 0.29) is 4.90 Å². The highest BCUT2D eigenvalue weighted by Crippen LogP contribution is 2.36. The topological polar surface area (TPSA) is 97.4 Å². The van der Waals surface area contributed by atoms with Gasteiger partial charge in [-0.25, -0.2) is 22.9 Å². The first kappa shape index (κ1) is 19.2. The molecule has 140 valence electrons. The summed E-state index contributed by atoms with van der Waals surface area (Å²) in [7, 11) is -2.58. The molecule has 1 aromatic heterocycles. The van der Waals surface area contributed by atoms with Crippen molar-refractivity contribution in [2.75, 3.05) is 12.4 Å². The number of rotatable bonds is 5. The molecule has 0 fully saturated rings. The Bertz CT molecular complexity index is 1050. The van der Waals surface area contributed by atoms with Crippen LogP contribution in [0.2, 0.25) is 5.02 Å². The number of benzene rings is 2. The lowest BCUT2D eigenvalue weighted by atomic mass is 10.2. The van der Waals surface area contributed by atoms with Crippen LogP contribution < -0.4 is 14.8 Å². The number of carbonyl (C=O) groups excluding carboxylic acids is 1. The average molecular weight is 424 g/mol. The maximum atomic E-state index is 12.3. The van der Waals surface area contributed by atoms with Crippen molar-refractivity contribution < 1.29 is 17.9 Å². The Hall–Kier alpha value is -2.62. The molecule has 0 aliphatic rings. The number of ether oxygens (including phenoxy) is 1. The van der Waals surface area contributed by atoms with Gasteiger partial charge in [-0.1, -0.05) is 53.3 Å². The van der Waals surface area contributed by atoms with Gasteiger partial charge in [0.1, 0.15) is 10.7 Å². The van der Waals surface area contributed by atoms with Gasteiger partial charge < -0.3 is 4.74 Å². The molecule has 0 unspecified atom stereocenters. The summed E-state index contributed by atoms with van der Waals surface area (Å²) in [4.78, 5) is 16.5. The number of thiazole rings is 1. The minimum atomic E-state index is -4.04.